The van der Waals surface area contributed by atoms with E-state index in [2.05, 4.69) is 17.0 Å². The van der Waals surface area contributed by atoms with Crippen LogP contribution in [0.3, 0.4) is 0 Å². The lowest BCUT2D eigenvalue weighted by Crippen LogP contribution is -2.46. The van der Waals surface area contributed by atoms with Gasteiger partial charge in [0.05, 0.1) is 6.10 Å². The van der Waals surface area contributed by atoms with Crippen molar-refractivity contribution in [2.24, 2.45) is 5.92 Å². The molecule has 1 unspecified atom stereocenters. The number of hydrogen-bond donors (Lipinski definition) is 1. The second-order valence-electron chi connectivity index (χ2n) is 4.89. The molecular weight excluding hydrogens is 234 g/mol. The van der Waals surface area contributed by atoms with Crippen molar-refractivity contribution < 1.29 is 5.11 Å². The highest BCUT2D eigenvalue weighted by Crippen LogP contribution is 2.35. The molecule has 2 aliphatic heterocycles. The highest BCUT2D eigenvalue weighted by Gasteiger charge is 2.33. The van der Waals surface area contributed by atoms with E-state index in [4.69, 9.17) is 11.6 Å². The van der Waals surface area contributed by atoms with Crippen LogP contribution in [0.25, 0.3) is 5.57 Å². The van der Waals surface area contributed by atoms with Gasteiger partial charge in [0.15, 0.2) is 0 Å². The Labute approximate surface area is 107 Å². The molecule has 0 amide bonds. The molecule has 1 aromatic carbocycles. The average molecular weight is 250 g/mol. The van der Waals surface area contributed by atoms with E-state index in [1.165, 1.54) is 5.57 Å². The maximum absolute atomic E-state index is 10.1. The van der Waals surface area contributed by atoms with E-state index >= 15 is 0 Å². The first-order valence-corrected chi connectivity index (χ1v) is 6.48. The second kappa shape index (κ2) is 4.45. The van der Waals surface area contributed by atoms with Crippen LogP contribution in [-0.2, 0) is 0 Å². The average Bonchev–Trinajstić information content (AvgIpc) is 2.34. The fourth-order valence-corrected chi connectivity index (χ4v) is 3.05. The van der Waals surface area contributed by atoms with Crippen molar-refractivity contribution in [2.75, 3.05) is 19.6 Å². The number of rotatable bonds is 1. The number of nitrogens with zero attached hydrogens (tertiary/aromatic N) is 1. The Bertz CT molecular complexity index is 457. The summed E-state index contributed by atoms with van der Waals surface area (Å²) in [5, 5.41) is 10.9. The zero-order valence-electron chi connectivity index (χ0n) is 9.64. The first kappa shape index (κ1) is 11.3. The summed E-state index contributed by atoms with van der Waals surface area (Å²) in [6, 6.07) is 7.93. The summed E-state index contributed by atoms with van der Waals surface area (Å²) in [6.45, 7) is 2.97. The predicted molar refractivity (Wildman–Crippen MR) is 70.0 cm³/mol. The Morgan fingerprint density at radius 1 is 1.35 bits per heavy atom. The summed E-state index contributed by atoms with van der Waals surface area (Å²) in [4.78, 5) is 2.39. The molecule has 0 radical (unpaired) electrons. The van der Waals surface area contributed by atoms with Crippen LogP contribution in [0.15, 0.2) is 30.3 Å². The summed E-state index contributed by atoms with van der Waals surface area (Å²) in [7, 11) is 0. The van der Waals surface area contributed by atoms with Crippen LogP contribution in [0.2, 0.25) is 5.02 Å². The van der Waals surface area contributed by atoms with Crippen molar-refractivity contribution in [1.29, 1.82) is 0 Å². The topological polar surface area (TPSA) is 23.5 Å². The molecule has 2 bridgehead atoms. The third kappa shape index (κ3) is 2.13. The number of hydrogen-bond acceptors (Lipinski definition) is 2. The molecule has 0 saturated carbocycles. The fraction of sp³-hybridized carbons (Fsp3) is 0.429. The van der Waals surface area contributed by atoms with Crippen LogP contribution in [0, 0.1) is 5.92 Å². The van der Waals surface area contributed by atoms with Crippen molar-refractivity contribution in [3.63, 3.8) is 0 Å². The van der Waals surface area contributed by atoms with Gasteiger partial charge in [-0.3, -0.25) is 4.90 Å². The fourth-order valence-electron chi connectivity index (χ4n) is 2.86. The molecule has 2 heterocycles. The largest absolute Gasteiger partial charge is 0.392 e. The molecule has 1 N–H and O–H groups in total. The maximum Gasteiger partial charge on any atom is 0.0633 e. The highest BCUT2D eigenvalue weighted by molar-refractivity contribution is 6.30. The van der Waals surface area contributed by atoms with Crippen molar-refractivity contribution in [1.82, 2.24) is 4.90 Å². The van der Waals surface area contributed by atoms with Gasteiger partial charge in [-0.2, -0.15) is 0 Å². The Balaban J connectivity index is 1.97. The molecule has 90 valence electrons. The normalized spacial score (nSPS) is 32.1. The zero-order valence-corrected chi connectivity index (χ0v) is 10.4. The summed E-state index contributed by atoms with van der Waals surface area (Å²) < 4.78 is 0. The molecule has 1 saturated heterocycles. The summed E-state index contributed by atoms with van der Waals surface area (Å²) >= 11 is 6.03. The van der Waals surface area contributed by atoms with Gasteiger partial charge in [0.2, 0.25) is 0 Å². The van der Waals surface area contributed by atoms with Crippen molar-refractivity contribution in [3.05, 3.63) is 40.9 Å². The van der Waals surface area contributed by atoms with Gasteiger partial charge in [0.25, 0.3) is 0 Å². The minimum atomic E-state index is -0.211. The number of piperidine rings is 1. The first-order valence-electron chi connectivity index (χ1n) is 6.10. The zero-order chi connectivity index (χ0) is 11.8. The maximum atomic E-state index is 10.1. The molecule has 17 heavy (non-hydrogen) atoms. The minimum absolute atomic E-state index is 0.211. The molecule has 3 rings (SSSR count). The Hall–Kier alpha value is -0.830. The van der Waals surface area contributed by atoms with E-state index in [0.717, 1.165) is 36.6 Å². The van der Waals surface area contributed by atoms with E-state index in [9.17, 15) is 5.11 Å². The molecule has 2 nitrogen and oxygen atoms in total. The van der Waals surface area contributed by atoms with Crippen LogP contribution >= 0.6 is 11.6 Å². The van der Waals surface area contributed by atoms with Crippen molar-refractivity contribution in [2.45, 2.75) is 12.5 Å². The Kier molecular flexibility index (Phi) is 2.95. The number of fused-ring (bicyclic) bond motifs is 2. The van der Waals surface area contributed by atoms with E-state index < -0.39 is 0 Å². The number of aliphatic hydroxyl groups is 1. The highest BCUT2D eigenvalue weighted by atomic mass is 35.5. The number of halogens is 1. The summed E-state index contributed by atoms with van der Waals surface area (Å²) in [6.07, 6.45) is 2.90. The van der Waals surface area contributed by atoms with Gasteiger partial charge in [-0.1, -0.05) is 29.8 Å². The van der Waals surface area contributed by atoms with Gasteiger partial charge in [-0.25, -0.2) is 0 Å². The Morgan fingerprint density at radius 3 is 3.06 bits per heavy atom. The van der Waals surface area contributed by atoms with Gasteiger partial charge < -0.3 is 5.11 Å². The van der Waals surface area contributed by atoms with Gasteiger partial charge in [-0.05, 0) is 29.7 Å². The van der Waals surface area contributed by atoms with Crippen LogP contribution < -0.4 is 0 Å². The molecule has 1 fully saturated rings. The lowest BCUT2D eigenvalue weighted by atomic mass is 9.81. The van der Waals surface area contributed by atoms with E-state index in [0.29, 0.717) is 0 Å². The second-order valence-corrected chi connectivity index (χ2v) is 5.33. The molecule has 1 aromatic rings. The van der Waals surface area contributed by atoms with Crippen molar-refractivity contribution in [3.8, 4) is 0 Å². The van der Waals surface area contributed by atoms with Crippen molar-refractivity contribution >= 4 is 17.2 Å². The van der Waals surface area contributed by atoms with Crippen LogP contribution in [0.4, 0.5) is 0 Å². The third-order valence-corrected chi connectivity index (χ3v) is 4.02. The summed E-state index contributed by atoms with van der Waals surface area (Å²) in [5.41, 5.74) is 2.42. The van der Waals surface area contributed by atoms with Gasteiger partial charge >= 0.3 is 0 Å². The smallest absolute Gasteiger partial charge is 0.0633 e. The van der Waals surface area contributed by atoms with E-state index in [1.54, 1.807) is 0 Å². The minimum Gasteiger partial charge on any atom is -0.392 e. The number of benzene rings is 1. The quantitative estimate of drug-likeness (QED) is 0.826. The molecule has 3 atom stereocenters. The van der Waals surface area contributed by atoms with Gasteiger partial charge in [0.1, 0.15) is 0 Å². The standard InChI is InChI=1S/C14H16ClNO/c15-11-3-1-2-10(8-11)12-4-6-16-7-5-14(17)13(12)9-16/h1-4,8,13-14,17H,5-7,9H2/t13-,14-/m0/s1. The summed E-state index contributed by atoms with van der Waals surface area (Å²) in [5.74, 6) is 0.246. The van der Waals surface area contributed by atoms with Crippen LogP contribution in [-0.4, -0.2) is 35.7 Å². The predicted octanol–water partition coefficient (Wildman–Crippen LogP) is 2.42. The molecule has 2 aliphatic rings. The van der Waals surface area contributed by atoms with Gasteiger partial charge in [0, 0.05) is 30.6 Å². The third-order valence-electron chi connectivity index (χ3n) is 3.79. The molecule has 3 heteroatoms. The SMILES string of the molecule is O[C@H]1CCN2CC=C(c3cccc(Cl)c3)[C@@H]1C2. The van der Waals surface area contributed by atoms with E-state index in [-0.39, 0.29) is 12.0 Å². The Morgan fingerprint density at radius 2 is 2.24 bits per heavy atom. The molecule has 0 aromatic heterocycles. The lowest BCUT2D eigenvalue weighted by molar-refractivity contribution is 0.0509. The van der Waals surface area contributed by atoms with E-state index in [1.807, 2.05) is 18.2 Å². The monoisotopic (exact) mass is 249 g/mol. The molecular formula is C14H16ClNO. The number of aliphatic hydroxyl groups excluding tert-OH is 1. The molecule has 0 aliphatic carbocycles. The first-order chi connectivity index (χ1) is 8.24. The van der Waals surface area contributed by atoms with Gasteiger partial charge in [-0.15, -0.1) is 0 Å². The lowest BCUT2D eigenvalue weighted by Gasteiger charge is -2.40. The van der Waals surface area contributed by atoms with Crippen LogP contribution in [0.5, 0.6) is 0 Å². The van der Waals surface area contributed by atoms with Crippen LogP contribution in [0.1, 0.15) is 12.0 Å². The molecule has 0 spiro atoms.